The molecule has 0 aliphatic heterocycles. The number of benzene rings is 1. The summed E-state index contributed by atoms with van der Waals surface area (Å²) in [7, 11) is 0. The Morgan fingerprint density at radius 1 is 1.30 bits per heavy atom. The van der Waals surface area contributed by atoms with Crippen molar-refractivity contribution in [3.8, 4) is 17.1 Å². The minimum Gasteiger partial charge on any atom is -0.486 e. The van der Waals surface area contributed by atoms with Gasteiger partial charge in [-0.1, -0.05) is 6.92 Å². The van der Waals surface area contributed by atoms with E-state index in [-0.39, 0.29) is 36.2 Å². The Bertz CT molecular complexity index is 1020. The number of rotatable bonds is 7. The van der Waals surface area contributed by atoms with E-state index in [1.54, 1.807) is 0 Å². The number of aliphatic hydroxyl groups excluding tert-OH is 1. The van der Waals surface area contributed by atoms with E-state index in [0.29, 0.717) is 12.2 Å². The number of aliphatic hydroxyl groups is 1. The van der Waals surface area contributed by atoms with Gasteiger partial charge in [-0.15, -0.1) is 0 Å². The fraction of sp³-hybridized carbons (Fsp3) is 0.294. The normalized spacial score (nSPS) is 12.1. The molecule has 0 saturated carbocycles. The van der Waals surface area contributed by atoms with Gasteiger partial charge in [0, 0.05) is 6.20 Å². The molecular weight excluding hydrogens is 357 g/mol. The fourth-order valence-electron chi connectivity index (χ4n) is 2.36. The molecule has 1 aromatic carbocycles. The van der Waals surface area contributed by atoms with Gasteiger partial charge < -0.3 is 14.8 Å². The third-order valence-corrected chi connectivity index (χ3v) is 3.81. The number of H-pyrrole nitrogens is 2. The quantitative estimate of drug-likeness (QED) is 0.561. The van der Waals surface area contributed by atoms with Crippen LogP contribution in [0.5, 0.6) is 5.75 Å². The molecule has 0 fully saturated rings. The van der Waals surface area contributed by atoms with E-state index in [1.165, 1.54) is 35.1 Å². The van der Waals surface area contributed by atoms with Crippen LogP contribution in [0.4, 0.5) is 4.39 Å². The maximum Gasteiger partial charge on any atom is 0.325 e. The van der Waals surface area contributed by atoms with E-state index < -0.39 is 17.4 Å². The third-order valence-electron chi connectivity index (χ3n) is 3.81. The highest BCUT2D eigenvalue weighted by Gasteiger charge is 2.17. The number of hydrogen-bond donors (Lipinski definition) is 3. The molecule has 0 spiro atoms. The van der Waals surface area contributed by atoms with Crippen LogP contribution in [0.25, 0.3) is 11.4 Å². The highest BCUT2D eigenvalue weighted by Crippen LogP contribution is 2.16. The first-order chi connectivity index (χ1) is 13.0. The Labute approximate surface area is 152 Å². The van der Waals surface area contributed by atoms with Gasteiger partial charge in [0.15, 0.2) is 11.6 Å². The van der Waals surface area contributed by atoms with Crippen LogP contribution in [-0.2, 0) is 13.2 Å². The molecule has 27 heavy (non-hydrogen) atoms. The second kappa shape index (κ2) is 7.96. The average Bonchev–Trinajstić information content (AvgIpc) is 3.03. The highest BCUT2D eigenvalue weighted by atomic mass is 19.1. The topological polar surface area (TPSA) is 126 Å². The molecule has 0 unspecified atom stereocenters. The monoisotopic (exact) mass is 375 g/mol. The average molecular weight is 375 g/mol. The third kappa shape index (κ3) is 4.47. The highest BCUT2D eigenvalue weighted by molar-refractivity contribution is 5.51. The van der Waals surface area contributed by atoms with Gasteiger partial charge in [0.2, 0.25) is 0 Å². The van der Waals surface area contributed by atoms with Crippen molar-refractivity contribution >= 4 is 0 Å². The molecule has 9 nitrogen and oxygen atoms in total. The molecule has 3 aromatic rings. The number of aromatic nitrogens is 5. The van der Waals surface area contributed by atoms with Crippen molar-refractivity contribution in [2.45, 2.75) is 32.6 Å². The first kappa shape index (κ1) is 18.5. The fourth-order valence-corrected chi connectivity index (χ4v) is 2.36. The lowest BCUT2D eigenvalue weighted by molar-refractivity contribution is 0.145. The number of hydrogen-bond acceptors (Lipinski definition) is 6. The molecule has 0 aliphatic rings. The summed E-state index contributed by atoms with van der Waals surface area (Å²) in [6.07, 6.45) is 1.05. The second-order valence-corrected chi connectivity index (χ2v) is 5.82. The van der Waals surface area contributed by atoms with Crippen LogP contribution in [-0.4, -0.2) is 35.9 Å². The molecule has 0 saturated heterocycles. The molecule has 142 valence electrons. The molecule has 3 rings (SSSR count). The zero-order valence-corrected chi connectivity index (χ0v) is 14.5. The summed E-state index contributed by atoms with van der Waals surface area (Å²) in [4.78, 5) is 32.1. The summed E-state index contributed by atoms with van der Waals surface area (Å²) in [6.45, 7) is 1.91. The summed E-state index contributed by atoms with van der Waals surface area (Å²) >= 11 is 0. The molecule has 3 N–H and O–H groups in total. The Hall–Kier alpha value is -3.27. The predicted octanol–water partition coefficient (Wildman–Crippen LogP) is 0.811. The lowest BCUT2D eigenvalue weighted by atomic mass is 10.2. The standard InChI is InChI=1S/C17H18FN5O4/c1-2-11(24)8-23-15(13-7-19-17(26)21-16(13)25)20-14(22-23)9-27-12-5-3-10(18)4-6-12/h3-7,11,24H,2,8-9H2,1H3,(H2,19,21,25,26)/t11-/m0/s1. The van der Waals surface area contributed by atoms with E-state index >= 15 is 0 Å². The van der Waals surface area contributed by atoms with Gasteiger partial charge in [0.25, 0.3) is 5.56 Å². The maximum absolute atomic E-state index is 13.0. The largest absolute Gasteiger partial charge is 0.486 e. The lowest BCUT2D eigenvalue weighted by Gasteiger charge is -2.09. The SMILES string of the molecule is CC[C@H](O)Cn1nc(COc2ccc(F)cc2)nc1-c1c[nH]c(=O)[nH]c1=O. The van der Waals surface area contributed by atoms with Crippen LogP contribution in [0.3, 0.4) is 0 Å². The summed E-state index contributed by atoms with van der Waals surface area (Å²) in [5.74, 6) is 0.517. The first-order valence-electron chi connectivity index (χ1n) is 8.28. The van der Waals surface area contributed by atoms with Gasteiger partial charge in [0.1, 0.15) is 23.7 Å². The molecule has 2 aromatic heterocycles. The van der Waals surface area contributed by atoms with Gasteiger partial charge in [-0.2, -0.15) is 5.10 Å². The van der Waals surface area contributed by atoms with Gasteiger partial charge in [-0.3, -0.25) is 9.78 Å². The van der Waals surface area contributed by atoms with Crippen molar-refractivity contribution in [1.29, 1.82) is 0 Å². The summed E-state index contributed by atoms with van der Waals surface area (Å²) < 4.78 is 19.9. The van der Waals surface area contributed by atoms with Crippen LogP contribution in [0, 0.1) is 5.82 Å². The van der Waals surface area contributed by atoms with Gasteiger partial charge >= 0.3 is 5.69 Å². The van der Waals surface area contributed by atoms with E-state index in [2.05, 4.69) is 20.1 Å². The van der Waals surface area contributed by atoms with Gasteiger partial charge in [0.05, 0.1) is 12.6 Å². The molecule has 10 heteroatoms. The summed E-state index contributed by atoms with van der Waals surface area (Å²) in [6, 6.07) is 5.48. The van der Waals surface area contributed by atoms with Gasteiger partial charge in [-0.25, -0.2) is 18.9 Å². The Kier molecular flexibility index (Phi) is 5.46. The zero-order valence-electron chi connectivity index (χ0n) is 14.5. The minimum atomic E-state index is -0.682. The van der Waals surface area contributed by atoms with Gasteiger partial charge in [-0.05, 0) is 30.7 Å². The van der Waals surface area contributed by atoms with Crippen molar-refractivity contribution in [1.82, 2.24) is 24.7 Å². The minimum absolute atomic E-state index is 0.0187. The summed E-state index contributed by atoms with van der Waals surface area (Å²) in [5, 5.41) is 14.2. The van der Waals surface area contributed by atoms with Crippen molar-refractivity contribution in [3.63, 3.8) is 0 Å². The number of nitrogens with one attached hydrogen (secondary N) is 2. The smallest absolute Gasteiger partial charge is 0.325 e. The van der Waals surface area contributed by atoms with Crippen LogP contribution in [0.15, 0.2) is 40.1 Å². The van der Waals surface area contributed by atoms with Crippen LogP contribution in [0.2, 0.25) is 0 Å². The van der Waals surface area contributed by atoms with E-state index in [9.17, 15) is 19.1 Å². The number of ether oxygens (including phenoxy) is 1. The number of halogens is 1. The van der Waals surface area contributed by atoms with E-state index in [1.807, 2.05) is 6.92 Å². The number of nitrogens with zero attached hydrogens (tertiary/aromatic N) is 3. The Morgan fingerprint density at radius 3 is 2.70 bits per heavy atom. The molecule has 1 atom stereocenters. The van der Waals surface area contributed by atoms with Crippen LogP contribution in [0.1, 0.15) is 19.2 Å². The van der Waals surface area contributed by atoms with Crippen molar-refractivity contribution in [2.75, 3.05) is 0 Å². The molecular formula is C17H18FN5O4. The zero-order chi connectivity index (χ0) is 19.4. The van der Waals surface area contributed by atoms with Crippen molar-refractivity contribution in [2.24, 2.45) is 0 Å². The molecule has 0 aliphatic carbocycles. The van der Waals surface area contributed by atoms with E-state index in [4.69, 9.17) is 4.74 Å². The number of aromatic amines is 2. The Morgan fingerprint density at radius 2 is 2.04 bits per heavy atom. The second-order valence-electron chi connectivity index (χ2n) is 5.82. The molecule has 0 bridgehead atoms. The van der Waals surface area contributed by atoms with Crippen LogP contribution >= 0.6 is 0 Å². The molecule has 2 heterocycles. The van der Waals surface area contributed by atoms with E-state index in [0.717, 1.165) is 0 Å². The van der Waals surface area contributed by atoms with Crippen molar-refractivity contribution < 1.29 is 14.2 Å². The first-order valence-corrected chi connectivity index (χ1v) is 8.28. The molecule has 0 radical (unpaired) electrons. The Balaban J connectivity index is 1.90. The molecule has 0 amide bonds. The maximum atomic E-state index is 13.0. The lowest BCUT2D eigenvalue weighted by Crippen LogP contribution is -2.24. The van der Waals surface area contributed by atoms with Crippen molar-refractivity contribution in [3.05, 3.63) is 62.9 Å². The predicted molar refractivity (Wildman–Crippen MR) is 93.7 cm³/mol. The summed E-state index contributed by atoms with van der Waals surface area (Å²) in [5.41, 5.74) is -1.15. The van der Waals surface area contributed by atoms with Crippen LogP contribution < -0.4 is 16.0 Å².